The van der Waals surface area contributed by atoms with Crippen molar-refractivity contribution in [1.29, 1.82) is 0 Å². The fourth-order valence-electron chi connectivity index (χ4n) is 4.93. The van der Waals surface area contributed by atoms with Crippen LogP contribution < -0.4 is 4.74 Å². The van der Waals surface area contributed by atoms with Crippen LogP contribution in [-0.4, -0.2) is 65.4 Å². The maximum Gasteiger partial charge on any atom is 0.325 e. The maximum absolute atomic E-state index is 12.0. The smallest absolute Gasteiger partial charge is 0.325 e. The number of hydrogen-bond donors (Lipinski definition) is 2. The van der Waals surface area contributed by atoms with E-state index in [1.165, 1.54) is 36.2 Å². The average Bonchev–Trinajstić information content (AvgIpc) is 3.32. The quantitative estimate of drug-likeness (QED) is 0.386. The molecule has 8 nitrogen and oxygen atoms in total. The third-order valence-corrected chi connectivity index (χ3v) is 6.63. The number of hydrogen-bond acceptors (Lipinski definition) is 6. The van der Waals surface area contributed by atoms with E-state index in [-0.39, 0.29) is 12.6 Å². The second-order valence-electron chi connectivity index (χ2n) is 8.94. The molecule has 2 N–H and O–H groups in total. The summed E-state index contributed by atoms with van der Waals surface area (Å²) in [4.78, 5) is 27.3. The maximum atomic E-state index is 12.0. The van der Waals surface area contributed by atoms with Crippen molar-refractivity contribution >= 4 is 12.4 Å². The highest BCUT2D eigenvalue weighted by molar-refractivity contribution is 5.76. The molecule has 2 aliphatic rings. The topological polar surface area (TPSA) is 109 Å². The molecule has 35 heavy (non-hydrogen) atoms. The Labute approximate surface area is 206 Å². The molecule has 1 aromatic carbocycles. The van der Waals surface area contributed by atoms with Crippen molar-refractivity contribution in [3.63, 3.8) is 0 Å². The number of carboxylic acids is 1. The van der Waals surface area contributed by atoms with Crippen LogP contribution in [-0.2, 0) is 33.6 Å². The predicted molar refractivity (Wildman–Crippen MR) is 132 cm³/mol. The number of rotatable bonds is 10. The van der Waals surface area contributed by atoms with Gasteiger partial charge in [0.1, 0.15) is 11.8 Å². The number of nitrogens with zero attached hydrogens (tertiary/aromatic N) is 2. The zero-order valence-electron chi connectivity index (χ0n) is 20.4. The third-order valence-electron chi connectivity index (χ3n) is 6.63. The van der Waals surface area contributed by atoms with Crippen molar-refractivity contribution in [1.82, 2.24) is 9.88 Å². The lowest BCUT2D eigenvalue weighted by atomic mass is 9.95. The van der Waals surface area contributed by atoms with Gasteiger partial charge in [-0.3, -0.25) is 19.5 Å². The van der Waals surface area contributed by atoms with E-state index in [1.807, 2.05) is 29.2 Å². The SMILES string of the molecule is COc1ccccc1C(C(=O)O)N1CC[C@@H](OCCCCc2ccc3c(n2)CCCC3)C1.O=CO. The van der Waals surface area contributed by atoms with Crippen LogP contribution in [0.5, 0.6) is 5.75 Å². The first-order valence-corrected chi connectivity index (χ1v) is 12.3. The van der Waals surface area contributed by atoms with Crippen LogP contribution in [0.15, 0.2) is 36.4 Å². The van der Waals surface area contributed by atoms with Gasteiger partial charge in [0.15, 0.2) is 0 Å². The Bertz CT molecular complexity index is 966. The zero-order chi connectivity index (χ0) is 25.0. The highest BCUT2D eigenvalue weighted by Crippen LogP contribution is 2.32. The molecule has 0 bridgehead atoms. The van der Waals surface area contributed by atoms with Crippen molar-refractivity contribution in [2.75, 3.05) is 26.8 Å². The van der Waals surface area contributed by atoms with E-state index in [4.69, 9.17) is 24.4 Å². The molecular formula is C27H36N2O6. The highest BCUT2D eigenvalue weighted by Gasteiger charge is 2.35. The number of carbonyl (C=O) groups is 2. The van der Waals surface area contributed by atoms with E-state index in [2.05, 4.69) is 12.1 Å². The first-order chi connectivity index (χ1) is 17.1. The molecule has 0 saturated carbocycles. The summed E-state index contributed by atoms with van der Waals surface area (Å²) in [7, 11) is 1.58. The number of aromatic nitrogens is 1. The molecule has 4 rings (SSSR count). The van der Waals surface area contributed by atoms with E-state index in [0.29, 0.717) is 31.0 Å². The van der Waals surface area contributed by atoms with Crippen LogP contribution >= 0.6 is 0 Å². The van der Waals surface area contributed by atoms with E-state index in [1.54, 1.807) is 7.11 Å². The minimum absolute atomic E-state index is 0.0772. The van der Waals surface area contributed by atoms with Gasteiger partial charge in [0, 0.05) is 36.6 Å². The molecule has 1 fully saturated rings. The van der Waals surface area contributed by atoms with Crippen molar-refractivity contribution < 1.29 is 29.3 Å². The molecule has 0 amide bonds. The largest absolute Gasteiger partial charge is 0.496 e. The van der Waals surface area contributed by atoms with Gasteiger partial charge in [0.25, 0.3) is 6.47 Å². The lowest BCUT2D eigenvalue weighted by Crippen LogP contribution is -2.33. The van der Waals surface area contributed by atoms with Crippen molar-refractivity contribution in [2.24, 2.45) is 0 Å². The lowest BCUT2D eigenvalue weighted by Gasteiger charge is -2.25. The number of aliphatic carboxylic acids is 1. The Morgan fingerprint density at radius 2 is 1.97 bits per heavy atom. The fraction of sp³-hybridized carbons (Fsp3) is 0.519. The van der Waals surface area contributed by atoms with Crippen LogP contribution in [0.2, 0.25) is 0 Å². The van der Waals surface area contributed by atoms with Gasteiger partial charge in [-0.1, -0.05) is 24.3 Å². The second kappa shape index (κ2) is 13.8. The van der Waals surface area contributed by atoms with Crippen LogP contribution in [0.4, 0.5) is 0 Å². The summed E-state index contributed by atoms with van der Waals surface area (Å²) in [6.07, 6.45) is 8.81. The molecule has 0 radical (unpaired) electrons. The number of ether oxygens (including phenoxy) is 2. The van der Waals surface area contributed by atoms with Crippen molar-refractivity contribution in [3.8, 4) is 5.75 Å². The fourth-order valence-corrected chi connectivity index (χ4v) is 4.93. The summed E-state index contributed by atoms with van der Waals surface area (Å²) in [5.41, 5.74) is 4.63. The van der Waals surface area contributed by atoms with Gasteiger partial charge >= 0.3 is 5.97 Å². The zero-order valence-corrected chi connectivity index (χ0v) is 20.4. The molecular weight excluding hydrogens is 448 g/mol. The van der Waals surface area contributed by atoms with Crippen LogP contribution in [0.3, 0.4) is 0 Å². The third kappa shape index (κ3) is 7.50. The molecule has 0 spiro atoms. The lowest BCUT2D eigenvalue weighted by molar-refractivity contribution is -0.143. The molecule has 1 aliphatic carbocycles. The molecule has 190 valence electrons. The molecule has 1 aromatic heterocycles. The Morgan fingerprint density at radius 1 is 1.20 bits per heavy atom. The minimum atomic E-state index is -0.854. The Hall–Kier alpha value is -2.97. The number of likely N-dealkylation sites (tertiary alicyclic amines) is 1. The number of benzene rings is 1. The molecule has 1 unspecified atom stereocenters. The van der Waals surface area contributed by atoms with Gasteiger partial charge in [-0.05, 0) is 69.1 Å². The van der Waals surface area contributed by atoms with Gasteiger partial charge in [-0.25, -0.2) is 0 Å². The molecule has 2 aromatic rings. The van der Waals surface area contributed by atoms with Gasteiger partial charge in [0.05, 0.1) is 13.2 Å². The van der Waals surface area contributed by atoms with Crippen LogP contribution in [0, 0.1) is 0 Å². The molecule has 8 heteroatoms. The first kappa shape index (κ1) is 26.6. The summed E-state index contributed by atoms with van der Waals surface area (Å²) >= 11 is 0. The van der Waals surface area contributed by atoms with E-state index in [0.717, 1.165) is 32.1 Å². The standard InChI is InChI=1S/C26H34N2O4.CH2O2/c1-31-24-12-5-3-10-22(24)25(26(29)30)28-16-15-21(18-28)32-17-7-6-9-20-14-13-19-8-2-4-11-23(19)27-20;2-1-3/h3,5,10,12-14,21,25H,2,4,6-9,11,15-18H2,1H3,(H,29,30);1H,(H,2,3)/t21-,25?;/m1./s1. The highest BCUT2D eigenvalue weighted by atomic mass is 16.5. The molecule has 2 heterocycles. The normalized spacial score (nSPS) is 18.1. The predicted octanol–water partition coefficient (Wildman–Crippen LogP) is 3.91. The number of aryl methyl sites for hydroxylation is 3. The Morgan fingerprint density at radius 3 is 2.74 bits per heavy atom. The number of para-hydroxylation sites is 1. The minimum Gasteiger partial charge on any atom is -0.496 e. The number of unbranched alkanes of at least 4 members (excludes halogenated alkanes) is 1. The number of carboxylic acid groups (broad SMARTS) is 2. The number of methoxy groups -OCH3 is 1. The molecule has 2 atom stereocenters. The van der Waals surface area contributed by atoms with Gasteiger partial charge in [0.2, 0.25) is 0 Å². The summed E-state index contributed by atoms with van der Waals surface area (Å²) in [5, 5.41) is 16.8. The molecule has 1 saturated heterocycles. The number of pyridine rings is 1. The van der Waals surface area contributed by atoms with E-state index in [9.17, 15) is 9.90 Å². The monoisotopic (exact) mass is 484 g/mol. The van der Waals surface area contributed by atoms with Gasteiger partial charge < -0.3 is 19.7 Å². The van der Waals surface area contributed by atoms with E-state index >= 15 is 0 Å². The second-order valence-corrected chi connectivity index (χ2v) is 8.94. The van der Waals surface area contributed by atoms with Crippen LogP contribution in [0.25, 0.3) is 0 Å². The summed E-state index contributed by atoms with van der Waals surface area (Å²) in [6, 6.07) is 11.1. The van der Waals surface area contributed by atoms with Crippen molar-refractivity contribution in [3.05, 3.63) is 58.9 Å². The summed E-state index contributed by atoms with van der Waals surface area (Å²) in [5.74, 6) is -0.243. The van der Waals surface area contributed by atoms with Gasteiger partial charge in [-0.2, -0.15) is 0 Å². The summed E-state index contributed by atoms with van der Waals surface area (Å²) < 4.78 is 11.5. The first-order valence-electron chi connectivity index (χ1n) is 12.3. The molecule has 1 aliphatic heterocycles. The summed E-state index contributed by atoms with van der Waals surface area (Å²) in [6.45, 7) is 1.79. The Kier molecular flexibility index (Phi) is 10.5. The van der Waals surface area contributed by atoms with Crippen molar-refractivity contribution in [2.45, 2.75) is 63.5 Å². The van der Waals surface area contributed by atoms with Crippen LogP contribution in [0.1, 0.15) is 60.7 Å². The average molecular weight is 485 g/mol. The van der Waals surface area contributed by atoms with E-state index < -0.39 is 12.0 Å². The van der Waals surface area contributed by atoms with Gasteiger partial charge in [-0.15, -0.1) is 0 Å². The number of fused-ring (bicyclic) bond motifs is 1. The Balaban J connectivity index is 0.00000108.